The van der Waals surface area contributed by atoms with Crippen LogP contribution in [-0.2, 0) is 17.8 Å². The number of pyridine rings is 1. The first-order valence-electron chi connectivity index (χ1n) is 18.1. The molecule has 4 aliphatic rings. The number of nitrogens with zero attached hydrogens (tertiary/aromatic N) is 8. The summed E-state index contributed by atoms with van der Waals surface area (Å²) in [5.74, 6) is 0.616. The van der Waals surface area contributed by atoms with E-state index in [1.807, 2.05) is 9.58 Å². The molecule has 1 aromatic carbocycles. The number of methoxy groups -OCH3 is 1. The number of halogens is 3. The van der Waals surface area contributed by atoms with E-state index >= 15 is 4.39 Å². The quantitative estimate of drug-likeness (QED) is 0.170. The van der Waals surface area contributed by atoms with Gasteiger partial charge in [-0.25, -0.2) is 8.78 Å². The number of carbonyl (C=O) groups is 1. The lowest BCUT2D eigenvalue weighted by atomic mass is 9.94. The van der Waals surface area contributed by atoms with E-state index in [9.17, 15) is 9.18 Å². The van der Waals surface area contributed by atoms with Gasteiger partial charge >= 0.3 is 6.01 Å². The molecule has 53 heavy (non-hydrogen) atoms. The number of hydrogen-bond acceptors (Lipinski definition) is 10. The van der Waals surface area contributed by atoms with E-state index in [1.165, 1.54) is 12.0 Å². The number of aromatic nitrogens is 5. The number of fused-ring (bicyclic) bond motifs is 3. The monoisotopic (exact) mass is 748 g/mol. The molecule has 2 saturated heterocycles. The molecule has 1 unspecified atom stereocenters. The molecular weight excluding hydrogens is 706 g/mol. The van der Waals surface area contributed by atoms with Crippen LogP contribution >= 0.6 is 11.6 Å². The predicted octanol–water partition coefficient (Wildman–Crippen LogP) is 6.37. The molecule has 0 bridgehead atoms. The first kappa shape index (κ1) is 35.6. The first-order valence-corrected chi connectivity index (χ1v) is 18.5. The van der Waals surface area contributed by atoms with Crippen molar-refractivity contribution in [3.05, 3.63) is 64.1 Å². The summed E-state index contributed by atoms with van der Waals surface area (Å²) >= 11 is 6.86. The highest BCUT2D eigenvalue weighted by molar-refractivity contribution is 6.32. The van der Waals surface area contributed by atoms with Crippen molar-refractivity contribution in [3.63, 3.8) is 0 Å². The van der Waals surface area contributed by atoms with E-state index in [4.69, 9.17) is 40.8 Å². The third-order valence-electron chi connectivity index (χ3n) is 11.1. The number of amides is 1. The van der Waals surface area contributed by atoms with Gasteiger partial charge in [0.05, 0.1) is 29.5 Å². The Hall–Kier alpha value is -4.40. The Balaban J connectivity index is 1.23. The molecule has 6 heterocycles. The van der Waals surface area contributed by atoms with Gasteiger partial charge in [0.15, 0.2) is 18.3 Å². The molecule has 280 valence electrons. The maximum absolute atomic E-state index is 17.2. The van der Waals surface area contributed by atoms with Gasteiger partial charge in [0, 0.05) is 57.6 Å². The maximum Gasteiger partial charge on any atom is 0.319 e. The summed E-state index contributed by atoms with van der Waals surface area (Å²) in [6.45, 7) is 5.33. The normalized spacial score (nSPS) is 23.3. The molecule has 0 radical (unpaired) electrons. The largest absolute Gasteiger partial charge is 0.467 e. The summed E-state index contributed by atoms with van der Waals surface area (Å²) in [5, 5.41) is 5.48. The average Bonchev–Trinajstić information content (AvgIpc) is 3.42. The molecule has 12 nitrogen and oxygen atoms in total. The molecule has 8 rings (SSSR count). The van der Waals surface area contributed by atoms with Crippen LogP contribution in [0.1, 0.15) is 66.7 Å². The van der Waals surface area contributed by atoms with Crippen molar-refractivity contribution in [2.24, 2.45) is 5.92 Å². The second kappa shape index (κ2) is 14.1. The zero-order chi connectivity index (χ0) is 37.0. The van der Waals surface area contributed by atoms with Crippen molar-refractivity contribution in [2.45, 2.75) is 63.6 Å². The summed E-state index contributed by atoms with van der Waals surface area (Å²) < 4.78 is 50.1. The van der Waals surface area contributed by atoms with E-state index in [2.05, 4.69) is 16.9 Å². The molecule has 0 N–H and O–H groups in total. The van der Waals surface area contributed by atoms with E-state index < -0.39 is 5.82 Å². The molecule has 4 aromatic rings. The predicted molar refractivity (Wildman–Crippen MR) is 196 cm³/mol. The van der Waals surface area contributed by atoms with Gasteiger partial charge in [0.1, 0.15) is 29.4 Å². The van der Waals surface area contributed by atoms with Crippen molar-refractivity contribution in [1.82, 2.24) is 34.5 Å². The summed E-state index contributed by atoms with van der Waals surface area (Å²) in [6, 6.07) is 5.31. The van der Waals surface area contributed by atoms with Gasteiger partial charge in [-0.15, -0.1) is 0 Å². The second-order valence-corrected chi connectivity index (χ2v) is 15.4. The Morgan fingerprint density at radius 3 is 2.72 bits per heavy atom. The summed E-state index contributed by atoms with van der Waals surface area (Å²) in [6.07, 6.45) is 6.33. The molecule has 3 aliphatic heterocycles. The average molecular weight is 749 g/mol. The van der Waals surface area contributed by atoms with Crippen LogP contribution in [0.15, 0.2) is 36.3 Å². The minimum Gasteiger partial charge on any atom is -0.467 e. The third-order valence-corrected chi connectivity index (χ3v) is 11.4. The van der Waals surface area contributed by atoms with Crippen molar-refractivity contribution in [2.75, 3.05) is 59.1 Å². The molecular formula is C38H43ClF2N8O4. The van der Waals surface area contributed by atoms with Gasteiger partial charge in [0.2, 0.25) is 0 Å². The van der Waals surface area contributed by atoms with Gasteiger partial charge in [-0.3, -0.25) is 19.4 Å². The number of hydrogen-bond donors (Lipinski definition) is 0. The smallest absolute Gasteiger partial charge is 0.319 e. The molecule has 3 atom stereocenters. The van der Waals surface area contributed by atoms with Crippen molar-refractivity contribution < 1.29 is 27.8 Å². The Labute approximate surface area is 311 Å². The summed E-state index contributed by atoms with van der Waals surface area (Å²) in [4.78, 5) is 32.9. The van der Waals surface area contributed by atoms with E-state index in [1.54, 1.807) is 38.5 Å². The minimum absolute atomic E-state index is 0.000924. The fourth-order valence-electron chi connectivity index (χ4n) is 8.24. The van der Waals surface area contributed by atoms with Gasteiger partial charge in [0.25, 0.3) is 5.91 Å². The Kier molecular flexibility index (Phi) is 9.48. The van der Waals surface area contributed by atoms with Crippen LogP contribution in [0.5, 0.6) is 11.8 Å². The lowest BCUT2D eigenvalue weighted by Gasteiger charge is -2.31. The van der Waals surface area contributed by atoms with Crippen LogP contribution in [0, 0.1) is 11.7 Å². The molecule has 0 spiro atoms. The summed E-state index contributed by atoms with van der Waals surface area (Å²) in [5.41, 5.74) is 3.06. The molecule has 1 amide bonds. The Bertz CT molecular complexity index is 2110. The number of rotatable bonds is 10. The number of aryl methyl sites for hydroxylation is 1. The third kappa shape index (κ3) is 6.58. The number of benzene rings is 1. The molecule has 3 aromatic heterocycles. The van der Waals surface area contributed by atoms with Crippen molar-refractivity contribution in [1.29, 1.82) is 0 Å². The van der Waals surface area contributed by atoms with Gasteiger partial charge < -0.3 is 24.0 Å². The fourth-order valence-corrected chi connectivity index (χ4v) is 8.59. The SMILES string of the molecule is COCOc1cc(Cl)c([C@H]2C[C@H]2C)c(-c2ncc3c(N4CCCn5nc(C(=O)N(C)C)cc5C4)nc(OCC45CCCN4C/C(=C\F)C5)nc3c2F)c1. The first-order chi connectivity index (χ1) is 25.6. The topological polar surface area (TPSA) is 111 Å². The molecule has 1 aliphatic carbocycles. The van der Waals surface area contributed by atoms with E-state index in [0.29, 0.717) is 84.5 Å². The lowest BCUT2D eigenvalue weighted by Crippen LogP contribution is -2.43. The van der Waals surface area contributed by atoms with Gasteiger partial charge in [-0.1, -0.05) is 18.5 Å². The Morgan fingerprint density at radius 2 is 1.96 bits per heavy atom. The zero-order valence-corrected chi connectivity index (χ0v) is 31.1. The second-order valence-electron chi connectivity index (χ2n) is 15.0. The minimum atomic E-state index is -0.631. The Morgan fingerprint density at radius 1 is 1.13 bits per heavy atom. The van der Waals surface area contributed by atoms with E-state index in [0.717, 1.165) is 42.6 Å². The lowest BCUT2D eigenvalue weighted by molar-refractivity contribution is 0.0511. The highest BCUT2D eigenvalue weighted by Crippen LogP contribution is 2.53. The van der Waals surface area contributed by atoms with Crippen LogP contribution in [0.25, 0.3) is 22.2 Å². The van der Waals surface area contributed by atoms with Crippen molar-refractivity contribution >= 4 is 34.2 Å². The van der Waals surface area contributed by atoms with Crippen molar-refractivity contribution in [3.8, 4) is 23.0 Å². The van der Waals surface area contributed by atoms with Crippen LogP contribution in [0.3, 0.4) is 0 Å². The standard InChI is InChI=1S/C38H43ClF2N8O4/c1-22-11-26(22)31-27(13-25(14-29(31)39)53-21-51-4)33-32(41)34-28(17-42-33)35(47-8-6-10-49-24(19-47)12-30(45-49)36(50)46(2)3)44-37(43-34)52-20-38-7-5-9-48(38)18-23(15-38)16-40/h12-14,16-17,22,26H,5-11,15,18-21H2,1-4H3/b23-16-/t22-,26+,38?/m1/s1. The van der Waals surface area contributed by atoms with Gasteiger partial charge in [-0.05, 0) is 79.8 Å². The van der Waals surface area contributed by atoms with Crippen LogP contribution < -0.4 is 14.4 Å². The van der Waals surface area contributed by atoms with Crippen LogP contribution in [-0.4, -0.2) is 100 Å². The summed E-state index contributed by atoms with van der Waals surface area (Å²) in [7, 11) is 4.91. The number of carbonyl (C=O) groups excluding carboxylic acids is 1. The molecule has 3 fully saturated rings. The van der Waals surface area contributed by atoms with Crippen LogP contribution in [0.2, 0.25) is 5.02 Å². The maximum atomic E-state index is 17.2. The molecule has 15 heteroatoms. The van der Waals surface area contributed by atoms with Crippen LogP contribution in [0.4, 0.5) is 14.6 Å². The number of anilines is 1. The highest BCUT2D eigenvalue weighted by atomic mass is 35.5. The van der Waals surface area contributed by atoms with E-state index in [-0.39, 0.29) is 48.0 Å². The number of ether oxygens (including phenoxy) is 3. The zero-order valence-electron chi connectivity index (χ0n) is 30.4. The van der Waals surface area contributed by atoms with Gasteiger partial charge in [-0.2, -0.15) is 15.1 Å². The molecule has 1 saturated carbocycles. The highest BCUT2D eigenvalue weighted by Gasteiger charge is 2.47. The fraction of sp³-hybridized carbons (Fsp3) is 0.500.